The van der Waals surface area contributed by atoms with Crippen molar-refractivity contribution in [1.82, 2.24) is 24.7 Å². The molecule has 2 aliphatic heterocycles. The standard InChI is InChI=1S/C28H38ClFN6O2/c1-18-14-24(37)26-25(18)27(32-17-31-26)35-10-12-36(13-11-35)28(38)21(19-4-6-20(29)7-5-19)15-34-9-8-23(33(2)3)22(30)16-34/h4-7,17-18,21-24,37H,8-16H2,1-3H3/t18-,21?,22+,23-,24-/m1/s1. The second-order valence-corrected chi connectivity index (χ2v) is 11.6. The van der Waals surface area contributed by atoms with E-state index in [1.54, 1.807) is 0 Å². The largest absolute Gasteiger partial charge is 0.387 e. The average molecular weight is 545 g/mol. The number of halogens is 2. The number of hydrogen-bond donors (Lipinski definition) is 1. The Morgan fingerprint density at radius 1 is 1.16 bits per heavy atom. The van der Waals surface area contributed by atoms with Gasteiger partial charge in [0.1, 0.15) is 18.3 Å². The number of anilines is 1. The number of nitrogens with zero attached hydrogens (tertiary/aromatic N) is 6. The lowest BCUT2D eigenvalue weighted by Crippen LogP contribution is -2.54. The topological polar surface area (TPSA) is 76.0 Å². The highest BCUT2D eigenvalue weighted by molar-refractivity contribution is 6.30. The van der Waals surface area contributed by atoms with Crippen LogP contribution in [0, 0.1) is 0 Å². The monoisotopic (exact) mass is 544 g/mol. The normalized spacial score (nSPS) is 27.0. The number of fused-ring (bicyclic) bond motifs is 1. The van der Waals surface area contributed by atoms with E-state index in [-0.39, 0.29) is 23.8 Å². The molecule has 2 fully saturated rings. The zero-order valence-electron chi connectivity index (χ0n) is 22.4. The van der Waals surface area contributed by atoms with Gasteiger partial charge in [-0.25, -0.2) is 14.4 Å². The third kappa shape index (κ3) is 5.52. The third-order valence-electron chi connectivity index (χ3n) is 8.44. The molecular formula is C28H38ClFN6O2. The first kappa shape index (κ1) is 27.2. The molecule has 1 N–H and O–H groups in total. The predicted molar refractivity (Wildman–Crippen MR) is 146 cm³/mol. The molecule has 2 aromatic rings. The van der Waals surface area contributed by atoms with E-state index in [1.165, 1.54) is 6.33 Å². The van der Waals surface area contributed by atoms with Crippen LogP contribution in [0.15, 0.2) is 30.6 Å². The van der Waals surface area contributed by atoms with Crippen LogP contribution >= 0.6 is 11.6 Å². The van der Waals surface area contributed by atoms with Crippen molar-refractivity contribution in [1.29, 1.82) is 0 Å². The molecule has 1 unspecified atom stereocenters. The average Bonchev–Trinajstić information content (AvgIpc) is 3.21. The van der Waals surface area contributed by atoms with Crippen LogP contribution in [-0.4, -0.2) is 108 Å². The van der Waals surface area contributed by atoms with Crippen LogP contribution in [0.3, 0.4) is 0 Å². The Morgan fingerprint density at radius 3 is 2.53 bits per heavy atom. The summed E-state index contributed by atoms with van der Waals surface area (Å²) in [5, 5.41) is 11.0. The molecule has 10 heteroatoms. The number of alkyl halides is 1. The van der Waals surface area contributed by atoms with Gasteiger partial charge in [0.2, 0.25) is 5.91 Å². The molecule has 0 spiro atoms. The number of amides is 1. The predicted octanol–water partition coefficient (Wildman–Crippen LogP) is 3.08. The number of carbonyl (C=O) groups is 1. The molecule has 1 aliphatic carbocycles. The molecule has 3 aliphatic rings. The lowest BCUT2D eigenvalue weighted by Gasteiger charge is -2.41. The Bertz CT molecular complexity index is 1130. The number of aliphatic hydroxyl groups is 1. The van der Waals surface area contributed by atoms with Gasteiger partial charge in [-0.05, 0) is 57.1 Å². The highest BCUT2D eigenvalue weighted by Gasteiger charge is 2.37. The van der Waals surface area contributed by atoms with Gasteiger partial charge in [0, 0.05) is 55.9 Å². The van der Waals surface area contributed by atoms with Crippen LogP contribution in [-0.2, 0) is 4.79 Å². The van der Waals surface area contributed by atoms with Crippen molar-refractivity contribution in [2.45, 2.75) is 49.9 Å². The van der Waals surface area contributed by atoms with E-state index in [9.17, 15) is 14.3 Å². The fourth-order valence-corrected chi connectivity index (χ4v) is 6.42. The van der Waals surface area contributed by atoms with E-state index >= 15 is 0 Å². The van der Waals surface area contributed by atoms with Crippen LogP contribution in [0.25, 0.3) is 0 Å². The van der Waals surface area contributed by atoms with Gasteiger partial charge in [-0.3, -0.25) is 9.69 Å². The maximum atomic E-state index is 14.9. The van der Waals surface area contributed by atoms with Gasteiger partial charge in [0.15, 0.2) is 0 Å². The highest BCUT2D eigenvalue weighted by Crippen LogP contribution is 2.42. The van der Waals surface area contributed by atoms with E-state index < -0.39 is 12.3 Å². The minimum absolute atomic E-state index is 0.0637. The minimum Gasteiger partial charge on any atom is -0.387 e. The SMILES string of the molecule is C[C@@H]1C[C@@H](O)c2ncnc(N3CCN(C(=O)C(CN4CC[C@@H](N(C)C)[C@@H](F)C4)c4ccc(Cl)cc4)CC3)c21. The quantitative estimate of drug-likeness (QED) is 0.599. The number of hydrogen-bond acceptors (Lipinski definition) is 7. The lowest BCUT2D eigenvalue weighted by molar-refractivity contribution is -0.133. The molecule has 5 rings (SSSR count). The minimum atomic E-state index is -0.946. The number of rotatable bonds is 6. The summed E-state index contributed by atoms with van der Waals surface area (Å²) in [6.45, 7) is 6.14. The maximum absolute atomic E-state index is 14.9. The molecule has 206 valence electrons. The Morgan fingerprint density at radius 2 is 1.87 bits per heavy atom. The Labute approximate surface area is 229 Å². The second-order valence-electron chi connectivity index (χ2n) is 11.2. The Balaban J connectivity index is 1.29. The summed E-state index contributed by atoms with van der Waals surface area (Å²) in [6, 6.07) is 7.37. The highest BCUT2D eigenvalue weighted by atomic mass is 35.5. The summed E-state index contributed by atoms with van der Waals surface area (Å²) in [6.07, 6.45) is 1.44. The molecule has 1 amide bonds. The molecule has 0 radical (unpaired) electrons. The van der Waals surface area contributed by atoms with E-state index in [1.807, 2.05) is 48.2 Å². The van der Waals surface area contributed by atoms with Crippen LogP contribution in [0.4, 0.5) is 10.2 Å². The summed E-state index contributed by atoms with van der Waals surface area (Å²) in [7, 11) is 3.84. The van der Waals surface area contributed by atoms with E-state index in [2.05, 4.69) is 26.7 Å². The fourth-order valence-electron chi connectivity index (χ4n) is 6.30. The van der Waals surface area contributed by atoms with Crippen molar-refractivity contribution in [3.8, 4) is 0 Å². The smallest absolute Gasteiger partial charge is 0.231 e. The number of aromatic nitrogens is 2. The number of piperazine rings is 1. The fraction of sp³-hybridized carbons (Fsp3) is 0.607. The van der Waals surface area contributed by atoms with Gasteiger partial charge in [-0.2, -0.15) is 0 Å². The number of benzene rings is 1. The summed E-state index contributed by atoms with van der Waals surface area (Å²) in [5.74, 6) is 0.744. The zero-order chi connectivity index (χ0) is 27.0. The first-order chi connectivity index (χ1) is 18.2. The van der Waals surface area contributed by atoms with Gasteiger partial charge in [0.25, 0.3) is 0 Å². The molecular weight excluding hydrogens is 507 g/mol. The number of aliphatic hydroxyl groups excluding tert-OH is 1. The van der Waals surface area contributed by atoms with Gasteiger partial charge in [-0.1, -0.05) is 30.7 Å². The van der Waals surface area contributed by atoms with Gasteiger partial charge >= 0.3 is 0 Å². The first-order valence-electron chi connectivity index (χ1n) is 13.6. The van der Waals surface area contributed by atoms with Crippen LogP contribution < -0.4 is 4.90 Å². The lowest BCUT2D eigenvalue weighted by atomic mass is 9.94. The summed E-state index contributed by atoms with van der Waals surface area (Å²) < 4.78 is 14.9. The van der Waals surface area contributed by atoms with Crippen LogP contribution in [0.5, 0.6) is 0 Å². The van der Waals surface area contributed by atoms with Crippen molar-refractivity contribution < 1.29 is 14.3 Å². The number of piperidine rings is 1. The van der Waals surface area contributed by atoms with Crippen molar-refractivity contribution in [2.24, 2.45) is 0 Å². The van der Waals surface area contributed by atoms with Crippen molar-refractivity contribution in [2.75, 3.05) is 64.8 Å². The molecule has 1 aromatic heterocycles. The third-order valence-corrected chi connectivity index (χ3v) is 8.69. The van der Waals surface area contributed by atoms with Crippen molar-refractivity contribution >= 4 is 23.3 Å². The van der Waals surface area contributed by atoms with Crippen molar-refractivity contribution in [3.05, 3.63) is 52.4 Å². The summed E-state index contributed by atoms with van der Waals surface area (Å²) in [4.78, 5) is 31.0. The molecule has 3 heterocycles. The second kappa shape index (κ2) is 11.4. The number of carbonyl (C=O) groups excluding carboxylic acids is 1. The molecule has 1 aromatic carbocycles. The van der Waals surface area contributed by atoms with Crippen LogP contribution in [0.2, 0.25) is 5.02 Å². The Hall–Kier alpha value is -2.33. The summed E-state index contributed by atoms with van der Waals surface area (Å²) >= 11 is 6.14. The Kier molecular flexibility index (Phi) is 8.19. The van der Waals surface area contributed by atoms with Crippen LogP contribution in [0.1, 0.15) is 54.5 Å². The van der Waals surface area contributed by atoms with Gasteiger partial charge in [-0.15, -0.1) is 0 Å². The van der Waals surface area contributed by atoms with E-state index in [0.29, 0.717) is 50.7 Å². The molecule has 8 nitrogen and oxygen atoms in total. The summed E-state index contributed by atoms with van der Waals surface area (Å²) in [5.41, 5.74) is 2.66. The molecule has 0 bridgehead atoms. The molecule has 38 heavy (non-hydrogen) atoms. The van der Waals surface area contributed by atoms with Gasteiger partial charge in [0.05, 0.1) is 17.7 Å². The van der Waals surface area contributed by atoms with Gasteiger partial charge < -0.3 is 19.8 Å². The molecule has 0 saturated carbocycles. The number of likely N-dealkylation sites (tertiary alicyclic amines) is 1. The molecule has 2 saturated heterocycles. The zero-order valence-corrected chi connectivity index (χ0v) is 23.2. The van der Waals surface area contributed by atoms with Crippen molar-refractivity contribution in [3.63, 3.8) is 0 Å². The maximum Gasteiger partial charge on any atom is 0.231 e. The molecule has 5 atom stereocenters. The first-order valence-corrected chi connectivity index (χ1v) is 14.0. The van der Waals surface area contributed by atoms with E-state index in [0.717, 1.165) is 35.6 Å². The van der Waals surface area contributed by atoms with E-state index in [4.69, 9.17) is 11.6 Å².